The van der Waals surface area contributed by atoms with Crippen LogP contribution in [0.15, 0.2) is 30.3 Å². The van der Waals surface area contributed by atoms with Gasteiger partial charge in [0, 0.05) is 18.3 Å². The fourth-order valence-electron chi connectivity index (χ4n) is 2.25. The molecule has 1 aliphatic carbocycles. The zero-order valence-electron chi connectivity index (χ0n) is 10.1. The molecule has 1 N–H and O–H groups in total. The molecule has 0 bridgehead atoms. The normalized spacial score (nSPS) is 22.8. The molecule has 1 fully saturated rings. The second-order valence-electron chi connectivity index (χ2n) is 4.49. The topological polar surface area (TPSA) is 12.0 Å². The third kappa shape index (κ3) is 3.80. The fourth-order valence-corrected chi connectivity index (χ4v) is 2.77. The Hall–Kier alpha value is -0.910. The first-order valence-corrected chi connectivity index (χ1v) is 7.35. The molecule has 1 aromatic rings. The van der Waals surface area contributed by atoms with Gasteiger partial charge in [-0.05, 0) is 24.3 Å². The van der Waals surface area contributed by atoms with Crippen molar-refractivity contribution in [2.24, 2.45) is 0 Å². The molecule has 1 aliphatic rings. The standard InChI is InChI=1S/C15H19NS/c1-2-9-17-10-8-16-15-11-14(12-15)13-6-4-3-5-7-13/h1,3-7,14-16H,8-12H2. The van der Waals surface area contributed by atoms with Gasteiger partial charge in [0.15, 0.2) is 0 Å². The lowest BCUT2D eigenvalue weighted by Crippen LogP contribution is -2.41. The minimum absolute atomic E-state index is 0.714. The Balaban J connectivity index is 1.59. The van der Waals surface area contributed by atoms with Gasteiger partial charge in [0.25, 0.3) is 0 Å². The third-order valence-corrected chi connectivity index (χ3v) is 4.14. The van der Waals surface area contributed by atoms with Gasteiger partial charge in [-0.1, -0.05) is 36.3 Å². The van der Waals surface area contributed by atoms with Crippen LogP contribution in [0.1, 0.15) is 24.3 Å². The van der Waals surface area contributed by atoms with Gasteiger partial charge in [0.05, 0.1) is 5.75 Å². The maximum atomic E-state index is 5.20. The van der Waals surface area contributed by atoms with Crippen LogP contribution in [-0.2, 0) is 0 Å². The van der Waals surface area contributed by atoms with Crippen molar-refractivity contribution < 1.29 is 0 Å². The number of rotatable bonds is 6. The van der Waals surface area contributed by atoms with Crippen LogP contribution in [0.3, 0.4) is 0 Å². The molecular weight excluding hydrogens is 226 g/mol. The number of thioether (sulfide) groups is 1. The number of terminal acetylenes is 1. The monoisotopic (exact) mass is 245 g/mol. The Morgan fingerprint density at radius 1 is 1.29 bits per heavy atom. The van der Waals surface area contributed by atoms with Gasteiger partial charge in [0.1, 0.15) is 0 Å². The summed E-state index contributed by atoms with van der Waals surface area (Å²) < 4.78 is 0. The van der Waals surface area contributed by atoms with Crippen molar-refractivity contribution in [2.75, 3.05) is 18.1 Å². The van der Waals surface area contributed by atoms with Crippen molar-refractivity contribution >= 4 is 11.8 Å². The van der Waals surface area contributed by atoms with Crippen LogP contribution in [0.2, 0.25) is 0 Å². The van der Waals surface area contributed by atoms with Crippen molar-refractivity contribution in [2.45, 2.75) is 24.8 Å². The smallest absolute Gasteiger partial charge is 0.0545 e. The van der Waals surface area contributed by atoms with Crippen LogP contribution in [-0.4, -0.2) is 24.1 Å². The molecule has 0 heterocycles. The van der Waals surface area contributed by atoms with E-state index in [2.05, 4.69) is 41.6 Å². The minimum atomic E-state index is 0.714. The summed E-state index contributed by atoms with van der Waals surface area (Å²) in [6, 6.07) is 11.5. The SMILES string of the molecule is C#CCSCCNC1CC(c2ccccc2)C1. The Labute approximate surface area is 108 Å². The molecule has 17 heavy (non-hydrogen) atoms. The highest BCUT2D eigenvalue weighted by atomic mass is 32.2. The van der Waals surface area contributed by atoms with Crippen molar-refractivity contribution in [3.8, 4) is 12.3 Å². The maximum absolute atomic E-state index is 5.20. The van der Waals surface area contributed by atoms with Crippen molar-refractivity contribution in [3.05, 3.63) is 35.9 Å². The summed E-state index contributed by atoms with van der Waals surface area (Å²) in [6.07, 6.45) is 7.76. The Bertz CT molecular complexity index is 362. The first-order valence-electron chi connectivity index (χ1n) is 6.19. The highest BCUT2D eigenvalue weighted by Crippen LogP contribution is 2.36. The lowest BCUT2D eigenvalue weighted by Gasteiger charge is -2.36. The Morgan fingerprint density at radius 2 is 2.06 bits per heavy atom. The first-order chi connectivity index (χ1) is 8.40. The summed E-state index contributed by atoms with van der Waals surface area (Å²) >= 11 is 1.83. The van der Waals surface area contributed by atoms with E-state index in [0.717, 1.165) is 24.0 Å². The van der Waals surface area contributed by atoms with E-state index in [9.17, 15) is 0 Å². The predicted molar refractivity (Wildman–Crippen MR) is 76.4 cm³/mol. The highest BCUT2D eigenvalue weighted by molar-refractivity contribution is 7.99. The van der Waals surface area contributed by atoms with E-state index < -0.39 is 0 Å². The molecular formula is C15H19NS. The van der Waals surface area contributed by atoms with Gasteiger partial charge in [-0.15, -0.1) is 18.2 Å². The molecule has 0 radical (unpaired) electrons. The summed E-state index contributed by atoms with van der Waals surface area (Å²) in [5.41, 5.74) is 1.49. The van der Waals surface area contributed by atoms with Crippen LogP contribution < -0.4 is 5.32 Å². The van der Waals surface area contributed by atoms with E-state index in [0.29, 0.717) is 6.04 Å². The summed E-state index contributed by atoms with van der Waals surface area (Å²) in [7, 11) is 0. The fraction of sp³-hybridized carbons (Fsp3) is 0.467. The van der Waals surface area contributed by atoms with Gasteiger partial charge in [-0.3, -0.25) is 0 Å². The second kappa shape index (κ2) is 6.74. The Morgan fingerprint density at radius 3 is 2.76 bits per heavy atom. The summed E-state index contributed by atoms with van der Waals surface area (Å²) in [4.78, 5) is 0. The molecule has 0 spiro atoms. The van der Waals surface area contributed by atoms with E-state index in [1.165, 1.54) is 18.4 Å². The lowest BCUT2D eigenvalue weighted by atomic mass is 9.76. The van der Waals surface area contributed by atoms with Gasteiger partial charge < -0.3 is 5.32 Å². The number of hydrogen-bond acceptors (Lipinski definition) is 2. The van der Waals surface area contributed by atoms with Gasteiger partial charge in [-0.2, -0.15) is 0 Å². The molecule has 0 atom stereocenters. The average molecular weight is 245 g/mol. The predicted octanol–water partition coefficient (Wildman–Crippen LogP) is 2.89. The molecule has 0 saturated heterocycles. The van der Waals surface area contributed by atoms with E-state index in [-0.39, 0.29) is 0 Å². The molecule has 2 heteroatoms. The van der Waals surface area contributed by atoms with Gasteiger partial charge >= 0.3 is 0 Å². The number of hydrogen-bond donors (Lipinski definition) is 1. The van der Waals surface area contributed by atoms with Crippen molar-refractivity contribution in [1.82, 2.24) is 5.32 Å². The molecule has 1 aromatic carbocycles. The molecule has 0 amide bonds. The number of benzene rings is 1. The quantitative estimate of drug-likeness (QED) is 0.611. The molecule has 90 valence electrons. The molecule has 0 unspecified atom stereocenters. The lowest BCUT2D eigenvalue weighted by molar-refractivity contribution is 0.296. The molecule has 0 aromatic heterocycles. The maximum Gasteiger partial charge on any atom is 0.0545 e. The molecule has 1 nitrogen and oxygen atoms in total. The average Bonchev–Trinajstić information content (AvgIpc) is 2.32. The van der Waals surface area contributed by atoms with Crippen molar-refractivity contribution in [1.29, 1.82) is 0 Å². The second-order valence-corrected chi connectivity index (χ2v) is 5.59. The van der Waals surface area contributed by atoms with Crippen LogP contribution in [0, 0.1) is 12.3 Å². The molecule has 0 aliphatic heterocycles. The third-order valence-electron chi connectivity index (χ3n) is 3.27. The van der Waals surface area contributed by atoms with Gasteiger partial charge in [0.2, 0.25) is 0 Å². The van der Waals surface area contributed by atoms with E-state index >= 15 is 0 Å². The van der Waals surface area contributed by atoms with Crippen LogP contribution in [0.5, 0.6) is 0 Å². The van der Waals surface area contributed by atoms with Gasteiger partial charge in [-0.25, -0.2) is 0 Å². The summed E-state index contributed by atoms with van der Waals surface area (Å²) in [6.45, 7) is 1.08. The zero-order valence-corrected chi connectivity index (χ0v) is 10.9. The van der Waals surface area contributed by atoms with Crippen LogP contribution in [0.4, 0.5) is 0 Å². The van der Waals surface area contributed by atoms with E-state index in [1.54, 1.807) is 0 Å². The highest BCUT2D eigenvalue weighted by Gasteiger charge is 2.29. The number of nitrogens with one attached hydrogen (secondary N) is 1. The van der Waals surface area contributed by atoms with Crippen LogP contribution >= 0.6 is 11.8 Å². The Kier molecular flexibility index (Phi) is 4.97. The van der Waals surface area contributed by atoms with Crippen molar-refractivity contribution in [3.63, 3.8) is 0 Å². The molecule has 1 saturated carbocycles. The van der Waals surface area contributed by atoms with E-state index in [1.807, 2.05) is 11.8 Å². The summed E-state index contributed by atoms with van der Waals surface area (Å²) in [5, 5.41) is 3.59. The van der Waals surface area contributed by atoms with Crippen LogP contribution in [0.25, 0.3) is 0 Å². The molecule has 2 rings (SSSR count). The first kappa shape index (κ1) is 12.5. The largest absolute Gasteiger partial charge is 0.313 e. The minimum Gasteiger partial charge on any atom is -0.313 e. The summed E-state index contributed by atoms with van der Waals surface area (Å²) in [5.74, 6) is 5.37. The van der Waals surface area contributed by atoms with E-state index in [4.69, 9.17) is 6.42 Å². The zero-order chi connectivity index (χ0) is 11.9.